The van der Waals surface area contributed by atoms with Crippen molar-refractivity contribution in [1.29, 1.82) is 0 Å². The Morgan fingerprint density at radius 1 is 1.20 bits per heavy atom. The quantitative estimate of drug-likeness (QED) is 0.619. The Morgan fingerprint density at radius 3 is 2.73 bits per heavy atom. The van der Waals surface area contributed by atoms with Crippen molar-refractivity contribution in [3.63, 3.8) is 0 Å². The molecule has 0 saturated carbocycles. The number of aromatic nitrogens is 2. The molecule has 1 N–H and O–H groups in total. The number of benzene rings is 2. The standard InChI is InChI=1S/C22H22ClN3O3S/c1-12-16(23)6-5-7-17(12)26-22-20(13(2)25-26)21(30-11-19(27)24-22)15-10-14(28-3)8-9-18(15)29-4/h5-10,21H,11H2,1-4H3,(H,24,27)/t21-/m0/s1. The van der Waals surface area contributed by atoms with E-state index in [0.717, 1.165) is 39.6 Å². The average molecular weight is 444 g/mol. The Bertz CT molecular complexity index is 1130. The Balaban J connectivity index is 1.95. The number of methoxy groups -OCH3 is 2. The molecule has 30 heavy (non-hydrogen) atoms. The van der Waals surface area contributed by atoms with Crippen LogP contribution in [0.5, 0.6) is 11.5 Å². The number of thioether (sulfide) groups is 1. The molecule has 1 aliphatic rings. The van der Waals surface area contributed by atoms with Crippen molar-refractivity contribution in [3.05, 3.63) is 63.8 Å². The van der Waals surface area contributed by atoms with E-state index in [1.54, 1.807) is 18.9 Å². The Kier molecular flexibility index (Phi) is 5.66. The molecule has 8 heteroatoms. The van der Waals surface area contributed by atoms with Crippen molar-refractivity contribution < 1.29 is 14.3 Å². The molecule has 1 amide bonds. The van der Waals surface area contributed by atoms with Crippen molar-refractivity contribution in [2.24, 2.45) is 0 Å². The maximum absolute atomic E-state index is 12.6. The molecule has 156 valence electrons. The fourth-order valence-electron chi connectivity index (χ4n) is 3.67. The van der Waals surface area contributed by atoms with E-state index in [-0.39, 0.29) is 11.2 Å². The summed E-state index contributed by atoms with van der Waals surface area (Å²) in [6.07, 6.45) is 0. The van der Waals surface area contributed by atoms with Gasteiger partial charge in [0.1, 0.15) is 17.3 Å². The van der Waals surface area contributed by atoms with Crippen LogP contribution in [0.3, 0.4) is 0 Å². The number of hydrogen-bond donors (Lipinski definition) is 1. The summed E-state index contributed by atoms with van der Waals surface area (Å²) in [6.45, 7) is 3.89. The number of anilines is 1. The highest BCUT2D eigenvalue weighted by atomic mass is 35.5. The molecule has 0 saturated heterocycles. The Labute approximate surface area is 184 Å². The number of ether oxygens (including phenoxy) is 2. The molecule has 2 heterocycles. The summed E-state index contributed by atoms with van der Waals surface area (Å²) >= 11 is 7.89. The van der Waals surface area contributed by atoms with Crippen LogP contribution in [0.1, 0.15) is 27.6 Å². The number of amides is 1. The molecule has 0 unspecified atom stereocenters. The van der Waals surface area contributed by atoms with E-state index in [4.69, 9.17) is 26.2 Å². The van der Waals surface area contributed by atoms with E-state index in [2.05, 4.69) is 5.32 Å². The second-order valence-corrected chi connectivity index (χ2v) is 8.49. The summed E-state index contributed by atoms with van der Waals surface area (Å²) in [4.78, 5) is 12.6. The van der Waals surface area contributed by atoms with Gasteiger partial charge in [-0.1, -0.05) is 17.7 Å². The van der Waals surface area contributed by atoms with Crippen LogP contribution in [0.25, 0.3) is 5.69 Å². The summed E-state index contributed by atoms with van der Waals surface area (Å²) in [5.41, 5.74) is 4.43. The van der Waals surface area contributed by atoms with E-state index in [9.17, 15) is 4.79 Å². The minimum atomic E-state index is -0.155. The van der Waals surface area contributed by atoms with Gasteiger partial charge < -0.3 is 14.8 Å². The van der Waals surface area contributed by atoms with E-state index >= 15 is 0 Å². The van der Waals surface area contributed by atoms with Crippen molar-refractivity contribution in [2.75, 3.05) is 25.3 Å². The van der Waals surface area contributed by atoms with Crippen LogP contribution in [-0.4, -0.2) is 35.7 Å². The number of carbonyl (C=O) groups is 1. The highest BCUT2D eigenvalue weighted by molar-refractivity contribution is 8.00. The van der Waals surface area contributed by atoms with Gasteiger partial charge in [0, 0.05) is 16.1 Å². The number of halogens is 1. The van der Waals surface area contributed by atoms with Gasteiger partial charge in [-0.3, -0.25) is 4.79 Å². The van der Waals surface area contributed by atoms with Gasteiger partial charge in [0.15, 0.2) is 0 Å². The second-order valence-electron chi connectivity index (χ2n) is 6.99. The number of fused-ring (bicyclic) bond motifs is 1. The van der Waals surface area contributed by atoms with Crippen LogP contribution in [0, 0.1) is 13.8 Å². The third-order valence-corrected chi connectivity index (χ3v) is 6.86. The minimum Gasteiger partial charge on any atom is -0.497 e. The van der Waals surface area contributed by atoms with E-state index < -0.39 is 0 Å². The number of rotatable bonds is 4. The fourth-order valence-corrected chi connectivity index (χ4v) is 5.05. The molecule has 6 nitrogen and oxygen atoms in total. The minimum absolute atomic E-state index is 0.0774. The first-order valence-corrected chi connectivity index (χ1v) is 10.9. The van der Waals surface area contributed by atoms with Crippen molar-refractivity contribution in [3.8, 4) is 17.2 Å². The van der Waals surface area contributed by atoms with Gasteiger partial charge in [-0.2, -0.15) is 5.10 Å². The van der Waals surface area contributed by atoms with E-state index in [1.165, 1.54) is 11.8 Å². The van der Waals surface area contributed by atoms with Gasteiger partial charge in [-0.15, -0.1) is 11.8 Å². The highest BCUT2D eigenvalue weighted by Crippen LogP contribution is 2.47. The number of nitrogens with one attached hydrogen (secondary N) is 1. The van der Waals surface area contributed by atoms with Gasteiger partial charge in [0.25, 0.3) is 0 Å². The molecule has 0 bridgehead atoms. The van der Waals surface area contributed by atoms with Crippen LogP contribution in [0.15, 0.2) is 36.4 Å². The van der Waals surface area contributed by atoms with Gasteiger partial charge >= 0.3 is 0 Å². The highest BCUT2D eigenvalue weighted by Gasteiger charge is 2.32. The zero-order chi connectivity index (χ0) is 21.4. The summed E-state index contributed by atoms with van der Waals surface area (Å²) in [5.74, 6) is 2.36. The third-order valence-electron chi connectivity index (χ3n) is 5.19. The molecule has 1 aliphatic heterocycles. The number of nitrogens with zero attached hydrogens (tertiary/aromatic N) is 2. The first-order valence-electron chi connectivity index (χ1n) is 9.43. The summed E-state index contributed by atoms with van der Waals surface area (Å²) in [6, 6.07) is 11.4. The molecule has 0 aliphatic carbocycles. The van der Waals surface area contributed by atoms with Crippen LogP contribution >= 0.6 is 23.4 Å². The largest absolute Gasteiger partial charge is 0.497 e. The fraction of sp³-hybridized carbons (Fsp3) is 0.273. The van der Waals surface area contributed by atoms with Crippen molar-refractivity contribution >= 4 is 35.1 Å². The van der Waals surface area contributed by atoms with Crippen molar-refractivity contribution in [1.82, 2.24) is 9.78 Å². The lowest BCUT2D eigenvalue weighted by molar-refractivity contribution is -0.113. The Hall–Kier alpha value is -2.64. The average Bonchev–Trinajstić information content (AvgIpc) is 2.94. The predicted molar refractivity (Wildman–Crippen MR) is 121 cm³/mol. The summed E-state index contributed by atoms with van der Waals surface area (Å²) in [5, 5.41) is 8.31. The monoisotopic (exact) mass is 443 g/mol. The molecular formula is C22H22ClN3O3S. The number of aryl methyl sites for hydroxylation is 1. The van der Waals surface area contributed by atoms with Crippen LogP contribution < -0.4 is 14.8 Å². The van der Waals surface area contributed by atoms with Gasteiger partial charge in [-0.25, -0.2) is 4.68 Å². The van der Waals surface area contributed by atoms with Crippen molar-refractivity contribution in [2.45, 2.75) is 19.1 Å². The normalized spacial score (nSPS) is 15.9. The zero-order valence-electron chi connectivity index (χ0n) is 17.2. The predicted octanol–water partition coefficient (Wildman–Crippen LogP) is 4.93. The maximum atomic E-state index is 12.6. The van der Waals surface area contributed by atoms with Crippen LogP contribution in [0.2, 0.25) is 5.02 Å². The summed E-state index contributed by atoms with van der Waals surface area (Å²) < 4.78 is 12.8. The van der Waals surface area contributed by atoms with E-state index in [0.29, 0.717) is 16.6 Å². The van der Waals surface area contributed by atoms with Crippen LogP contribution in [0.4, 0.5) is 5.82 Å². The molecule has 1 aromatic heterocycles. The van der Waals surface area contributed by atoms with Gasteiger partial charge in [0.2, 0.25) is 5.91 Å². The van der Waals surface area contributed by atoms with E-state index in [1.807, 2.05) is 50.2 Å². The smallest absolute Gasteiger partial charge is 0.235 e. The van der Waals surface area contributed by atoms with Gasteiger partial charge in [-0.05, 0) is 49.7 Å². The Morgan fingerprint density at radius 2 is 2.00 bits per heavy atom. The lowest BCUT2D eigenvalue weighted by Gasteiger charge is -2.19. The maximum Gasteiger partial charge on any atom is 0.235 e. The molecule has 3 aromatic rings. The molecular weight excluding hydrogens is 422 g/mol. The molecule has 1 atom stereocenters. The zero-order valence-corrected chi connectivity index (χ0v) is 18.7. The first-order chi connectivity index (χ1) is 14.4. The molecule has 0 spiro atoms. The number of carbonyl (C=O) groups excluding carboxylic acids is 1. The number of hydrogen-bond acceptors (Lipinski definition) is 5. The molecule has 4 rings (SSSR count). The first kappa shape index (κ1) is 20.6. The van der Waals surface area contributed by atoms with Gasteiger partial charge in [0.05, 0.1) is 36.6 Å². The molecule has 0 radical (unpaired) electrons. The van der Waals surface area contributed by atoms with Crippen LogP contribution in [-0.2, 0) is 4.79 Å². The lowest BCUT2D eigenvalue weighted by Crippen LogP contribution is -2.16. The second kappa shape index (κ2) is 8.24. The SMILES string of the molecule is COc1ccc(OC)c([C@@H]2SCC(=O)Nc3c2c(C)nn3-c2cccc(Cl)c2C)c1. The molecule has 0 fully saturated rings. The molecule has 2 aromatic carbocycles. The lowest BCUT2D eigenvalue weighted by atomic mass is 10.0. The third kappa shape index (κ3) is 3.52. The topological polar surface area (TPSA) is 65.4 Å². The summed E-state index contributed by atoms with van der Waals surface area (Å²) in [7, 11) is 3.27.